The minimum absolute atomic E-state index is 0.199. The van der Waals surface area contributed by atoms with Gasteiger partial charge in [0, 0.05) is 30.9 Å². The molecular weight excluding hydrogens is 236 g/mol. The van der Waals surface area contributed by atoms with Crippen molar-refractivity contribution in [1.29, 1.82) is 0 Å². The molecule has 0 amide bonds. The molecule has 1 N–H and O–H groups in total. The van der Waals surface area contributed by atoms with Crippen LogP contribution in [0.5, 0.6) is 0 Å². The van der Waals surface area contributed by atoms with Gasteiger partial charge >= 0.3 is 0 Å². The van der Waals surface area contributed by atoms with Crippen LogP contribution in [-0.4, -0.2) is 16.8 Å². The molecule has 0 aliphatic heterocycles. The highest BCUT2D eigenvalue weighted by Gasteiger charge is 2.15. The van der Waals surface area contributed by atoms with Gasteiger partial charge in [0.25, 0.3) is 0 Å². The maximum absolute atomic E-state index is 13.7. The van der Waals surface area contributed by atoms with E-state index in [1.807, 2.05) is 13.2 Å². The van der Waals surface area contributed by atoms with Gasteiger partial charge < -0.3 is 5.32 Å². The van der Waals surface area contributed by atoms with Crippen LogP contribution in [0.15, 0.2) is 30.6 Å². The van der Waals surface area contributed by atoms with Crippen LogP contribution < -0.4 is 5.32 Å². The Morgan fingerprint density at radius 2 is 2.17 bits per heavy atom. The van der Waals surface area contributed by atoms with Gasteiger partial charge in [-0.3, -0.25) is 4.68 Å². The molecule has 0 aliphatic carbocycles. The van der Waals surface area contributed by atoms with E-state index in [9.17, 15) is 8.78 Å². The third-order valence-electron chi connectivity index (χ3n) is 2.88. The highest BCUT2D eigenvalue weighted by molar-refractivity contribution is 5.24. The second-order valence-corrected chi connectivity index (χ2v) is 4.23. The number of aryl methyl sites for hydroxylation is 1. The van der Waals surface area contributed by atoms with E-state index in [1.54, 1.807) is 17.9 Å². The molecule has 0 aliphatic rings. The van der Waals surface area contributed by atoms with Gasteiger partial charge in [-0.15, -0.1) is 0 Å². The molecule has 0 saturated heterocycles. The molecular formula is C13H15F2N3. The van der Waals surface area contributed by atoms with E-state index in [1.165, 1.54) is 12.1 Å². The van der Waals surface area contributed by atoms with Gasteiger partial charge in [0.05, 0.1) is 6.20 Å². The summed E-state index contributed by atoms with van der Waals surface area (Å²) in [5.74, 6) is -1.09. The van der Waals surface area contributed by atoms with Gasteiger partial charge in [-0.25, -0.2) is 8.78 Å². The van der Waals surface area contributed by atoms with E-state index in [0.29, 0.717) is 12.0 Å². The van der Waals surface area contributed by atoms with Crippen molar-refractivity contribution in [3.8, 4) is 0 Å². The summed E-state index contributed by atoms with van der Waals surface area (Å²) < 4.78 is 28.3. The van der Waals surface area contributed by atoms with Crippen LogP contribution in [0.1, 0.15) is 17.2 Å². The summed E-state index contributed by atoms with van der Waals surface area (Å²) >= 11 is 0. The number of aromatic nitrogens is 2. The van der Waals surface area contributed by atoms with Crippen LogP contribution in [0.2, 0.25) is 0 Å². The van der Waals surface area contributed by atoms with Crippen molar-refractivity contribution >= 4 is 0 Å². The highest BCUT2D eigenvalue weighted by Crippen LogP contribution is 2.21. The van der Waals surface area contributed by atoms with Crippen molar-refractivity contribution in [3.63, 3.8) is 0 Å². The predicted octanol–water partition coefficient (Wildman–Crippen LogP) is 2.20. The zero-order chi connectivity index (χ0) is 13.1. The third kappa shape index (κ3) is 2.73. The minimum atomic E-state index is -0.563. The summed E-state index contributed by atoms with van der Waals surface area (Å²) in [6.07, 6.45) is 4.23. The number of halogens is 2. The van der Waals surface area contributed by atoms with Gasteiger partial charge in [-0.1, -0.05) is 6.07 Å². The summed E-state index contributed by atoms with van der Waals surface area (Å²) in [5, 5.41) is 7.11. The zero-order valence-corrected chi connectivity index (χ0v) is 10.3. The Labute approximate surface area is 104 Å². The first kappa shape index (κ1) is 12.7. The van der Waals surface area contributed by atoms with Crippen molar-refractivity contribution in [3.05, 3.63) is 53.4 Å². The van der Waals surface area contributed by atoms with E-state index in [-0.39, 0.29) is 6.04 Å². The van der Waals surface area contributed by atoms with Crippen LogP contribution in [0.25, 0.3) is 0 Å². The smallest absolute Gasteiger partial charge is 0.130 e. The molecule has 0 fully saturated rings. The molecule has 2 rings (SSSR count). The number of nitrogens with zero attached hydrogens (tertiary/aromatic N) is 2. The first-order chi connectivity index (χ1) is 8.60. The lowest BCUT2D eigenvalue weighted by molar-refractivity contribution is 0.521. The molecule has 1 aromatic heterocycles. The maximum Gasteiger partial charge on any atom is 0.130 e. The average Bonchev–Trinajstić information content (AvgIpc) is 2.72. The molecule has 18 heavy (non-hydrogen) atoms. The average molecular weight is 251 g/mol. The Morgan fingerprint density at radius 1 is 1.39 bits per heavy atom. The standard InChI is InChI=1S/C13H15F2N3/c1-16-13(5-9-7-17-18(2)8-9)11-4-3-10(14)6-12(11)15/h3-4,6-8,13,16H,5H2,1-2H3. The quantitative estimate of drug-likeness (QED) is 0.902. The van der Waals surface area contributed by atoms with Crippen molar-refractivity contribution in [2.75, 3.05) is 7.05 Å². The molecule has 0 radical (unpaired) electrons. The fraction of sp³-hybridized carbons (Fsp3) is 0.308. The zero-order valence-electron chi connectivity index (χ0n) is 10.3. The lowest BCUT2D eigenvalue weighted by Gasteiger charge is -2.16. The van der Waals surface area contributed by atoms with E-state index < -0.39 is 11.6 Å². The second-order valence-electron chi connectivity index (χ2n) is 4.23. The Morgan fingerprint density at radius 3 is 2.72 bits per heavy atom. The summed E-state index contributed by atoms with van der Waals surface area (Å²) in [6.45, 7) is 0. The number of benzene rings is 1. The molecule has 3 nitrogen and oxygen atoms in total. The Kier molecular flexibility index (Phi) is 3.72. The van der Waals surface area contributed by atoms with Crippen LogP contribution >= 0.6 is 0 Å². The largest absolute Gasteiger partial charge is 0.313 e. The molecule has 0 spiro atoms. The van der Waals surface area contributed by atoms with Crippen molar-refractivity contribution < 1.29 is 8.78 Å². The van der Waals surface area contributed by atoms with Gasteiger partial charge in [-0.2, -0.15) is 5.10 Å². The lowest BCUT2D eigenvalue weighted by Crippen LogP contribution is -2.20. The topological polar surface area (TPSA) is 29.9 Å². The van der Waals surface area contributed by atoms with Crippen molar-refractivity contribution in [2.45, 2.75) is 12.5 Å². The molecule has 0 saturated carbocycles. The normalized spacial score (nSPS) is 12.7. The van der Waals surface area contributed by atoms with Crippen molar-refractivity contribution in [1.82, 2.24) is 15.1 Å². The van der Waals surface area contributed by atoms with Crippen LogP contribution in [0.4, 0.5) is 8.78 Å². The summed E-state index contributed by atoms with van der Waals surface area (Å²) in [7, 11) is 3.58. The molecule has 96 valence electrons. The van der Waals surface area contributed by atoms with Gasteiger partial charge in [0.15, 0.2) is 0 Å². The monoisotopic (exact) mass is 251 g/mol. The van der Waals surface area contributed by atoms with Crippen LogP contribution in [0.3, 0.4) is 0 Å². The predicted molar refractivity (Wildman–Crippen MR) is 65.1 cm³/mol. The number of hydrogen-bond acceptors (Lipinski definition) is 2. The molecule has 0 bridgehead atoms. The fourth-order valence-electron chi connectivity index (χ4n) is 1.96. The molecule has 1 unspecified atom stereocenters. The number of hydrogen-bond donors (Lipinski definition) is 1. The van der Waals surface area contributed by atoms with Gasteiger partial charge in [0.1, 0.15) is 11.6 Å². The minimum Gasteiger partial charge on any atom is -0.313 e. The Bertz CT molecular complexity index is 537. The maximum atomic E-state index is 13.7. The lowest BCUT2D eigenvalue weighted by atomic mass is 10.0. The van der Waals surface area contributed by atoms with E-state index >= 15 is 0 Å². The number of nitrogens with one attached hydrogen (secondary N) is 1. The fourth-order valence-corrected chi connectivity index (χ4v) is 1.96. The van der Waals surface area contributed by atoms with Crippen LogP contribution in [-0.2, 0) is 13.5 Å². The number of likely N-dealkylation sites (N-methyl/N-ethyl adjacent to an activating group) is 1. The molecule has 5 heteroatoms. The van der Waals surface area contributed by atoms with Crippen molar-refractivity contribution in [2.24, 2.45) is 7.05 Å². The third-order valence-corrected chi connectivity index (χ3v) is 2.88. The number of rotatable bonds is 4. The molecule has 1 heterocycles. The van der Waals surface area contributed by atoms with Gasteiger partial charge in [0.2, 0.25) is 0 Å². The molecule has 1 aromatic carbocycles. The van der Waals surface area contributed by atoms with E-state index in [2.05, 4.69) is 10.4 Å². The SMILES string of the molecule is CNC(Cc1cnn(C)c1)c1ccc(F)cc1F. The second kappa shape index (κ2) is 5.27. The first-order valence-corrected chi connectivity index (χ1v) is 5.70. The Hall–Kier alpha value is -1.75. The summed E-state index contributed by atoms with van der Waals surface area (Å²) in [5.41, 5.74) is 1.46. The van der Waals surface area contributed by atoms with Crippen LogP contribution in [0, 0.1) is 11.6 Å². The summed E-state index contributed by atoms with van der Waals surface area (Å²) in [6, 6.07) is 3.45. The first-order valence-electron chi connectivity index (χ1n) is 5.70. The van der Waals surface area contributed by atoms with Gasteiger partial charge in [-0.05, 0) is 25.1 Å². The Balaban J connectivity index is 2.22. The summed E-state index contributed by atoms with van der Waals surface area (Å²) in [4.78, 5) is 0. The highest BCUT2D eigenvalue weighted by atomic mass is 19.1. The molecule has 1 atom stereocenters. The van der Waals surface area contributed by atoms with E-state index in [0.717, 1.165) is 11.6 Å². The molecule has 2 aromatic rings. The van der Waals surface area contributed by atoms with E-state index in [4.69, 9.17) is 0 Å².